The van der Waals surface area contributed by atoms with Gasteiger partial charge in [0.1, 0.15) is 5.82 Å². The third kappa shape index (κ3) is 2.42. The highest BCUT2D eigenvalue weighted by atomic mass is 35.5. The van der Waals surface area contributed by atoms with E-state index in [9.17, 15) is 9.18 Å². The number of nitrogens with one attached hydrogen (secondary N) is 1. The first-order valence-electron chi connectivity index (χ1n) is 5.38. The normalized spacial score (nSPS) is 20.8. The Morgan fingerprint density at radius 2 is 2.31 bits per heavy atom. The highest BCUT2D eigenvalue weighted by Gasteiger charge is 2.24. The Bertz CT molecular complexity index is 402. The van der Waals surface area contributed by atoms with E-state index in [1.54, 1.807) is 6.07 Å². The van der Waals surface area contributed by atoms with E-state index in [2.05, 4.69) is 5.32 Å². The Balaban J connectivity index is 2.19. The first kappa shape index (κ1) is 11.6. The van der Waals surface area contributed by atoms with E-state index in [1.807, 2.05) is 0 Å². The molecule has 16 heavy (non-hydrogen) atoms. The number of carbonyl (C=O) groups excluding carboxylic acids is 1. The molecule has 0 amide bonds. The molecule has 2 nitrogen and oxygen atoms in total. The first-order chi connectivity index (χ1) is 7.68. The molecule has 1 N–H and O–H groups in total. The first-order valence-corrected chi connectivity index (χ1v) is 5.76. The zero-order valence-corrected chi connectivity index (χ0v) is 9.56. The standard InChI is InChI=1S/C12H13ClFNO/c13-9-3-4-10(11(14)6-9)12(16)8-2-1-5-15-7-8/h3-4,6,8,15H,1-2,5,7H2. The maximum absolute atomic E-state index is 13.5. The predicted molar refractivity (Wildman–Crippen MR) is 61.3 cm³/mol. The number of carbonyl (C=O) groups is 1. The van der Waals surface area contributed by atoms with Crippen LogP contribution in [0.25, 0.3) is 0 Å². The number of benzene rings is 1. The van der Waals surface area contributed by atoms with Crippen molar-refractivity contribution in [1.82, 2.24) is 5.32 Å². The molecule has 0 radical (unpaired) electrons. The third-order valence-corrected chi connectivity index (χ3v) is 3.10. The van der Waals surface area contributed by atoms with Gasteiger partial charge in [0, 0.05) is 17.5 Å². The topological polar surface area (TPSA) is 29.1 Å². The maximum atomic E-state index is 13.5. The molecule has 1 heterocycles. The molecule has 2 rings (SSSR count). The molecule has 1 fully saturated rings. The molecule has 1 saturated heterocycles. The summed E-state index contributed by atoms with van der Waals surface area (Å²) in [5.74, 6) is -0.756. The van der Waals surface area contributed by atoms with Crippen molar-refractivity contribution in [1.29, 1.82) is 0 Å². The van der Waals surface area contributed by atoms with E-state index in [0.717, 1.165) is 19.4 Å². The minimum absolute atomic E-state index is 0.107. The molecule has 1 aliphatic heterocycles. The van der Waals surface area contributed by atoms with Gasteiger partial charge in [-0.1, -0.05) is 11.6 Å². The lowest BCUT2D eigenvalue weighted by Gasteiger charge is -2.21. The summed E-state index contributed by atoms with van der Waals surface area (Å²) in [5.41, 5.74) is 0.151. The fraction of sp³-hybridized carbons (Fsp3) is 0.417. The van der Waals surface area contributed by atoms with E-state index < -0.39 is 5.82 Å². The molecule has 1 aromatic rings. The predicted octanol–water partition coefficient (Wildman–Crippen LogP) is 2.66. The number of rotatable bonds is 2. The molecule has 4 heteroatoms. The number of piperidine rings is 1. The Morgan fingerprint density at radius 3 is 2.94 bits per heavy atom. The van der Waals surface area contributed by atoms with Gasteiger partial charge in [-0.15, -0.1) is 0 Å². The van der Waals surface area contributed by atoms with E-state index >= 15 is 0 Å². The van der Waals surface area contributed by atoms with Crippen LogP contribution in [0.15, 0.2) is 18.2 Å². The average molecular weight is 242 g/mol. The second-order valence-corrected chi connectivity index (χ2v) is 4.47. The van der Waals surface area contributed by atoms with Crippen molar-refractivity contribution in [2.24, 2.45) is 5.92 Å². The van der Waals surface area contributed by atoms with Crippen LogP contribution in [-0.2, 0) is 0 Å². The number of Topliss-reactive ketones (excluding diaryl/α,β-unsaturated/α-hetero) is 1. The number of halogens is 2. The van der Waals surface area contributed by atoms with Crippen LogP contribution >= 0.6 is 11.6 Å². The van der Waals surface area contributed by atoms with Crippen LogP contribution in [0.4, 0.5) is 4.39 Å². The summed E-state index contributed by atoms with van der Waals surface area (Å²) >= 11 is 5.64. The van der Waals surface area contributed by atoms with E-state index in [0.29, 0.717) is 11.6 Å². The zero-order valence-electron chi connectivity index (χ0n) is 8.80. The molecular formula is C12H13ClFNO. The van der Waals surface area contributed by atoms with Crippen molar-refractivity contribution in [2.75, 3.05) is 13.1 Å². The summed E-state index contributed by atoms with van der Waals surface area (Å²) in [7, 11) is 0. The smallest absolute Gasteiger partial charge is 0.170 e. The van der Waals surface area contributed by atoms with E-state index in [1.165, 1.54) is 12.1 Å². The lowest BCUT2D eigenvalue weighted by Crippen LogP contribution is -2.34. The summed E-state index contributed by atoms with van der Waals surface area (Å²) in [6.07, 6.45) is 1.79. The fourth-order valence-corrected chi connectivity index (χ4v) is 2.14. The molecule has 1 aliphatic rings. The van der Waals surface area contributed by atoms with Gasteiger partial charge in [-0.3, -0.25) is 4.79 Å². The van der Waals surface area contributed by atoms with Crippen LogP contribution in [-0.4, -0.2) is 18.9 Å². The lowest BCUT2D eigenvalue weighted by molar-refractivity contribution is 0.0895. The van der Waals surface area contributed by atoms with Gasteiger partial charge in [0.15, 0.2) is 5.78 Å². The molecule has 1 atom stereocenters. The summed E-state index contributed by atoms with van der Waals surface area (Å²) in [5, 5.41) is 3.46. The van der Waals surface area contributed by atoms with Crippen LogP contribution in [0.3, 0.4) is 0 Å². The van der Waals surface area contributed by atoms with Gasteiger partial charge < -0.3 is 5.32 Å². The second-order valence-electron chi connectivity index (χ2n) is 4.03. The van der Waals surface area contributed by atoms with Crippen molar-refractivity contribution in [3.63, 3.8) is 0 Å². The molecule has 86 valence electrons. The van der Waals surface area contributed by atoms with Crippen LogP contribution in [0.1, 0.15) is 23.2 Å². The minimum atomic E-state index is -0.525. The quantitative estimate of drug-likeness (QED) is 0.807. The minimum Gasteiger partial charge on any atom is -0.316 e. The highest BCUT2D eigenvalue weighted by molar-refractivity contribution is 6.30. The van der Waals surface area contributed by atoms with E-state index in [4.69, 9.17) is 11.6 Å². The summed E-state index contributed by atoms with van der Waals surface area (Å²) in [6.45, 7) is 1.58. The SMILES string of the molecule is O=C(c1ccc(Cl)cc1F)C1CCCNC1. The van der Waals surface area contributed by atoms with E-state index in [-0.39, 0.29) is 17.3 Å². The van der Waals surface area contributed by atoms with Gasteiger partial charge >= 0.3 is 0 Å². The van der Waals surface area contributed by atoms with Crippen LogP contribution in [0, 0.1) is 11.7 Å². The summed E-state index contributed by atoms with van der Waals surface area (Å²) in [4.78, 5) is 12.0. The summed E-state index contributed by atoms with van der Waals surface area (Å²) in [6, 6.07) is 4.20. The monoisotopic (exact) mass is 241 g/mol. The van der Waals surface area contributed by atoms with Gasteiger partial charge in [-0.25, -0.2) is 4.39 Å². The van der Waals surface area contributed by atoms with Crippen molar-refractivity contribution in [2.45, 2.75) is 12.8 Å². The van der Waals surface area contributed by atoms with Crippen LogP contribution in [0.2, 0.25) is 5.02 Å². The summed E-state index contributed by atoms with van der Waals surface area (Å²) < 4.78 is 13.5. The third-order valence-electron chi connectivity index (χ3n) is 2.86. The largest absolute Gasteiger partial charge is 0.316 e. The van der Waals surface area contributed by atoms with Crippen molar-refractivity contribution in [3.8, 4) is 0 Å². The zero-order chi connectivity index (χ0) is 11.5. The molecule has 0 aliphatic carbocycles. The van der Waals surface area contributed by atoms with Crippen LogP contribution in [0.5, 0.6) is 0 Å². The lowest BCUT2D eigenvalue weighted by atomic mass is 9.91. The second kappa shape index (κ2) is 4.93. The highest BCUT2D eigenvalue weighted by Crippen LogP contribution is 2.21. The Morgan fingerprint density at radius 1 is 1.50 bits per heavy atom. The average Bonchev–Trinajstić information content (AvgIpc) is 2.29. The number of ketones is 1. The molecule has 1 unspecified atom stereocenters. The van der Waals surface area contributed by atoms with Gasteiger partial charge in [0.25, 0.3) is 0 Å². The van der Waals surface area contributed by atoms with Crippen molar-refractivity contribution >= 4 is 17.4 Å². The van der Waals surface area contributed by atoms with Gasteiger partial charge in [-0.2, -0.15) is 0 Å². The van der Waals surface area contributed by atoms with Crippen molar-refractivity contribution in [3.05, 3.63) is 34.6 Å². The molecule has 0 spiro atoms. The molecular weight excluding hydrogens is 229 g/mol. The van der Waals surface area contributed by atoms with Gasteiger partial charge in [0.05, 0.1) is 5.56 Å². The Labute approximate surface area is 98.8 Å². The van der Waals surface area contributed by atoms with Crippen LogP contribution < -0.4 is 5.32 Å². The molecule has 1 aromatic carbocycles. The Kier molecular flexibility index (Phi) is 3.56. The fourth-order valence-electron chi connectivity index (χ4n) is 1.98. The maximum Gasteiger partial charge on any atom is 0.170 e. The van der Waals surface area contributed by atoms with Gasteiger partial charge in [0.2, 0.25) is 0 Å². The molecule has 0 bridgehead atoms. The molecule has 0 saturated carbocycles. The van der Waals surface area contributed by atoms with Crippen molar-refractivity contribution < 1.29 is 9.18 Å². The Hall–Kier alpha value is -0.930. The van der Waals surface area contributed by atoms with Gasteiger partial charge in [-0.05, 0) is 37.6 Å². The number of hydrogen-bond donors (Lipinski definition) is 1. The number of hydrogen-bond acceptors (Lipinski definition) is 2. The molecule has 0 aromatic heterocycles.